The van der Waals surface area contributed by atoms with Crippen molar-refractivity contribution in [2.45, 2.75) is 19.8 Å². The number of hydrogen-bond acceptors (Lipinski definition) is 2. The van der Waals surface area contributed by atoms with Gasteiger partial charge in [0.25, 0.3) is 0 Å². The molecule has 0 radical (unpaired) electrons. The van der Waals surface area contributed by atoms with Gasteiger partial charge in [-0.15, -0.1) is 0 Å². The summed E-state index contributed by atoms with van der Waals surface area (Å²) in [6, 6.07) is 0. The summed E-state index contributed by atoms with van der Waals surface area (Å²) in [5, 5.41) is 4.11. The molecule has 0 bridgehead atoms. The fraction of sp³-hybridized carbons (Fsp3) is 0.455. The van der Waals surface area contributed by atoms with Crippen LogP contribution in [0.5, 0.6) is 0 Å². The van der Waals surface area contributed by atoms with Crippen LogP contribution in [0.25, 0.3) is 6.08 Å². The van der Waals surface area contributed by atoms with Gasteiger partial charge in [-0.05, 0) is 31.9 Å². The van der Waals surface area contributed by atoms with Crippen LogP contribution in [-0.4, -0.2) is 15.6 Å². The van der Waals surface area contributed by atoms with E-state index in [0.717, 1.165) is 24.1 Å². The molecule has 3 nitrogen and oxygen atoms in total. The predicted octanol–water partition coefficient (Wildman–Crippen LogP) is 1.72. The maximum absolute atomic E-state index is 11.4. The van der Waals surface area contributed by atoms with E-state index in [0.29, 0.717) is 5.92 Å². The first-order valence-electron chi connectivity index (χ1n) is 4.89. The average Bonchev–Trinajstić information content (AvgIpc) is 2.95. The van der Waals surface area contributed by atoms with E-state index < -0.39 is 0 Å². The summed E-state index contributed by atoms with van der Waals surface area (Å²) in [6.07, 6.45) is 7.46. The van der Waals surface area contributed by atoms with Gasteiger partial charge in [0.1, 0.15) is 0 Å². The minimum atomic E-state index is 0.258. The van der Waals surface area contributed by atoms with Crippen molar-refractivity contribution in [2.75, 3.05) is 0 Å². The molecule has 0 atom stereocenters. The van der Waals surface area contributed by atoms with E-state index in [1.807, 2.05) is 20.0 Å². The summed E-state index contributed by atoms with van der Waals surface area (Å²) < 4.78 is 1.81. The summed E-state index contributed by atoms with van der Waals surface area (Å²) in [6.45, 7) is 1.99. The molecule has 0 unspecified atom stereocenters. The molecule has 0 amide bonds. The van der Waals surface area contributed by atoms with Gasteiger partial charge < -0.3 is 0 Å². The minimum Gasteiger partial charge on any atom is -0.295 e. The van der Waals surface area contributed by atoms with E-state index in [2.05, 4.69) is 5.10 Å². The maximum atomic E-state index is 11.4. The van der Waals surface area contributed by atoms with Crippen molar-refractivity contribution in [1.29, 1.82) is 0 Å². The number of ketones is 1. The Balaban J connectivity index is 2.09. The Bertz CT molecular complexity index is 386. The summed E-state index contributed by atoms with van der Waals surface area (Å²) in [5.74, 6) is 0.566. The largest absolute Gasteiger partial charge is 0.295 e. The van der Waals surface area contributed by atoms with Crippen molar-refractivity contribution in [2.24, 2.45) is 13.0 Å². The molecule has 1 saturated carbocycles. The highest BCUT2D eigenvalue weighted by atomic mass is 16.1. The molecule has 1 aromatic rings. The fourth-order valence-corrected chi connectivity index (χ4v) is 1.36. The molecule has 1 heterocycles. The van der Waals surface area contributed by atoms with Crippen LogP contribution in [0.1, 0.15) is 24.1 Å². The first-order valence-corrected chi connectivity index (χ1v) is 4.89. The molecule has 1 fully saturated rings. The number of aromatic nitrogens is 2. The molecule has 0 spiro atoms. The van der Waals surface area contributed by atoms with Gasteiger partial charge in [0.15, 0.2) is 5.78 Å². The first kappa shape index (κ1) is 9.19. The molecule has 0 aliphatic heterocycles. The van der Waals surface area contributed by atoms with Gasteiger partial charge in [-0.2, -0.15) is 5.10 Å². The number of hydrogen-bond donors (Lipinski definition) is 0. The zero-order valence-electron chi connectivity index (χ0n) is 8.53. The lowest BCUT2D eigenvalue weighted by molar-refractivity contribution is -0.115. The number of nitrogens with zero attached hydrogens (tertiary/aromatic N) is 2. The van der Waals surface area contributed by atoms with Crippen molar-refractivity contribution in [3.05, 3.63) is 23.5 Å². The van der Waals surface area contributed by atoms with Crippen LogP contribution in [0.4, 0.5) is 0 Å². The molecule has 0 aromatic carbocycles. The second-order valence-electron chi connectivity index (χ2n) is 3.82. The monoisotopic (exact) mass is 190 g/mol. The third-order valence-corrected chi connectivity index (χ3v) is 2.68. The summed E-state index contributed by atoms with van der Waals surface area (Å²) in [5.41, 5.74) is 2.12. The van der Waals surface area contributed by atoms with Crippen LogP contribution in [-0.2, 0) is 11.8 Å². The summed E-state index contributed by atoms with van der Waals surface area (Å²) >= 11 is 0. The lowest BCUT2D eigenvalue weighted by Gasteiger charge is -1.93. The highest BCUT2D eigenvalue weighted by molar-refractivity contribution is 5.96. The summed E-state index contributed by atoms with van der Waals surface area (Å²) in [4.78, 5) is 11.4. The van der Waals surface area contributed by atoms with Gasteiger partial charge in [-0.25, -0.2) is 0 Å². The van der Waals surface area contributed by atoms with Gasteiger partial charge in [0, 0.05) is 24.2 Å². The molecule has 0 saturated heterocycles. The second kappa shape index (κ2) is 3.40. The zero-order chi connectivity index (χ0) is 10.1. The van der Waals surface area contributed by atoms with E-state index >= 15 is 0 Å². The molecule has 2 rings (SSSR count). The second-order valence-corrected chi connectivity index (χ2v) is 3.82. The van der Waals surface area contributed by atoms with E-state index in [4.69, 9.17) is 0 Å². The van der Waals surface area contributed by atoms with Crippen molar-refractivity contribution in [3.8, 4) is 0 Å². The first-order chi connectivity index (χ1) is 6.68. The van der Waals surface area contributed by atoms with Crippen LogP contribution < -0.4 is 0 Å². The maximum Gasteiger partial charge on any atom is 0.158 e. The van der Waals surface area contributed by atoms with Crippen LogP contribution in [0.2, 0.25) is 0 Å². The Hall–Kier alpha value is -1.38. The third-order valence-electron chi connectivity index (χ3n) is 2.68. The van der Waals surface area contributed by atoms with E-state index in [1.165, 1.54) is 0 Å². The smallest absolute Gasteiger partial charge is 0.158 e. The summed E-state index contributed by atoms with van der Waals surface area (Å²) in [7, 11) is 1.90. The third kappa shape index (κ3) is 1.76. The molecule has 1 aromatic heterocycles. The predicted molar refractivity (Wildman–Crippen MR) is 54.7 cm³/mol. The zero-order valence-corrected chi connectivity index (χ0v) is 8.53. The van der Waals surface area contributed by atoms with Crippen LogP contribution in [0, 0.1) is 12.8 Å². The molecule has 0 N–H and O–H groups in total. The van der Waals surface area contributed by atoms with E-state index in [-0.39, 0.29) is 5.78 Å². The van der Waals surface area contributed by atoms with Crippen molar-refractivity contribution in [3.63, 3.8) is 0 Å². The highest BCUT2D eigenvalue weighted by Crippen LogP contribution is 2.30. The number of rotatable bonds is 3. The van der Waals surface area contributed by atoms with Crippen LogP contribution in [0.3, 0.4) is 0 Å². The van der Waals surface area contributed by atoms with Crippen molar-refractivity contribution < 1.29 is 4.79 Å². The lowest BCUT2D eigenvalue weighted by atomic mass is 10.2. The Morgan fingerprint density at radius 2 is 2.36 bits per heavy atom. The number of allylic oxidation sites excluding steroid dienone is 1. The van der Waals surface area contributed by atoms with Crippen molar-refractivity contribution in [1.82, 2.24) is 9.78 Å². The molecule has 14 heavy (non-hydrogen) atoms. The standard InChI is InChI=1S/C11H14N2O/c1-8-10(7-12-13(8)2)5-6-11(14)9-3-4-9/h5-7,9H,3-4H2,1-2H3/b6-5+. The van der Waals surface area contributed by atoms with Crippen LogP contribution >= 0.6 is 0 Å². The molecular weight excluding hydrogens is 176 g/mol. The Kier molecular flexibility index (Phi) is 2.23. The molecule has 1 aliphatic rings. The van der Waals surface area contributed by atoms with Gasteiger partial charge >= 0.3 is 0 Å². The molecule has 3 heteroatoms. The quantitative estimate of drug-likeness (QED) is 0.680. The van der Waals surface area contributed by atoms with Gasteiger partial charge in [0.2, 0.25) is 0 Å². The minimum absolute atomic E-state index is 0.258. The van der Waals surface area contributed by atoms with Crippen molar-refractivity contribution >= 4 is 11.9 Å². The number of carbonyl (C=O) groups is 1. The highest BCUT2D eigenvalue weighted by Gasteiger charge is 2.27. The Morgan fingerprint density at radius 3 is 2.86 bits per heavy atom. The van der Waals surface area contributed by atoms with E-state index in [1.54, 1.807) is 17.0 Å². The molecule has 1 aliphatic carbocycles. The van der Waals surface area contributed by atoms with E-state index in [9.17, 15) is 4.79 Å². The lowest BCUT2D eigenvalue weighted by Crippen LogP contribution is -1.94. The SMILES string of the molecule is Cc1c(/C=C/C(=O)C2CC2)cnn1C. The van der Waals surface area contributed by atoms with Gasteiger partial charge in [-0.3, -0.25) is 9.48 Å². The topological polar surface area (TPSA) is 34.9 Å². The molecular formula is C11H14N2O. The van der Waals surface area contributed by atoms with Gasteiger partial charge in [0.05, 0.1) is 6.20 Å². The Labute approximate surface area is 83.4 Å². The average molecular weight is 190 g/mol. The number of carbonyl (C=O) groups excluding carboxylic acids is 1. The fourth-order valence-electron chi connectivity index (χ4n) is 1.36. The van der Waals surface area contributed by atoms with Crippen LogP contribution in [0.15, 0.2) is 12.3 Å². The Morgan fingerprint density at radius 1 is 1.64 bits per heavy atom. The van der Waals surface area contributed by atoms with Gasteiger partial charge in [-0.1, -0.05) is 0 Å². The number of aryl methyl sites for hydroxylation is 1. The normalized spacial score (nSPS) is 16.4. The molecule has 74 valence electrons.